The van der Waals surface area contributed by atoms with E-state index < -0.39 is 47.2 Å². The number of anilines is 1. The van der Waals surface area contributed by atoms with Crippen molar-refractivity contribution in [3.63, 3.8) is 0 Å². The van der Waals surface area contributed by atoms with Crippen molar-refractivity contribution in [1.82, 2.24) is 29.5 Å². The molecule has 1 aromatic carbocycles. The van der Waals surface area contributed by atoms with Gasteiger partial charge in [0, 0.05) is 69.0 Å². The molecule has 4 aromatic rings. The van der Waals surface area contributed by atoms with E-state index in [0.29, 0.717) is 87.4 Å². The molecule has 0 radical (unpaired) electrons. The second kappa shape index (κ2) is 17.4. The fourth-order valence-electron chi connectivity index (χ4n) is 8.68. The molecule has 5 amide bonds. The molecule has 15 nitrogen and oxygen atoms in total. The zero-order valence-electron chi connectivity index (χ0n) is 34.4. The molecular weight excluding hydrogens is 812 g/mol. The lowest BCUT2D eigenvalue weighted by Gasteiger charge is -2.47. The average molecular weight is 860 g/mol. The molecule has 7 heterocycles. The smallest absolute Gasteiger partial charge is 0.433 e. The Balaban J connectivity index is 0.847. The maximum atomic E-state index is 13.9. The topological polar surface area (TPSA) is 174 Å². The molecule has 8 rings (SSSR count). The average Bonchev–Trinajstić information content (AvgIpc) is 3.67. The highest BCUT2D eigenvalue weighted by atomic mass is 19.4. The predicted octanol–water partition coefficient (Wildman–Crippen LogP) is 5.92. The maximum absolute atomic E-state index is 13.9. The van der Waals surface area contributed by atoms with Crippen LogP contribution in [-0.2, 0) is 25.3 Å². The van der Waals surface area contributed by atoms with Crippen molar-refractivity contribution in [3.8, 4) is 11.5 Å². The quantitative estimate of drug-likeness (QED) is 0.192. The van der Waals surface area contributed by atoms with Gasteiger partial charge in [0.1, 0.15) is 40.3 Å². The van der Waals surface area contributed by atoms with E-state index in [1.54, 1.807) is 45.8 Å². The zero-order valence-corrected chi connectivity index (χ0v) is 34.4. The summed E-state index contributed by atoms with van der Waals surface area (Å²) in [5.41, 5.74) is 0.0630. The number of amides is 5. The molecule has 2 unspecified atom stereocenters. The lowest BCUT2D eigenvalue weighted by atomic mass is 9.82. The van der Waals surface area contributed by atoms with Gasteiger partial charge in [-0.3, -0.25) is 29.3 Å². The van der Waals surface area contributed by atoms with E-state index in [2.05, 4.69) is 15.6 Å². The van der Waals surface area contributed by atoms with E-state index in [1.165, 1.54) is 6.07 Å². The summed E-state index contributed by atoms with van der Waals surface area (Å²) < 4.78 is 59.9. The van der Waals surface area contributed by atoms with Crippen LogP contribution in [0.1, 0.15) is 110 Å². The normalized spacial score (nSPS) is 20.9. The van der Waals surface area contributed by atoms with Crippen LogP contribution in [0, 0.1) is 0 Å². The molecule has 328 valence electrons. The summed E-state index contributed by atoms with van der Waals surface area (Å²) >= 11 is 0. The molecule has 4 fully saturated rings. The summed E-state index contributed by atoms with van der Waals surface area (Å²) in [7, 11) is 0. The monoisotopic (exact) mass is 859 g/mol. The Kier molecular flexibility index (Phi) is 12.0. The van der Waals surface area contributed by atoms with Gasteiger partial charge < -0.3 is 33.7 Å². The minimum Gasteiger partial charge on any atom is -0.489 e. The number of imidazole rings is 1. The first-order chi connectivity index (χ1) is 29.6. The Hall–Kier alpha value is -6.04. The SMILES string of the molecule is CC(C)Oc1cc2nc(C3CCN(C(=O)C4CCCC5(CCN(C(=O)c6ccc(OC7CCC(=O)NC7=O)cc6)CC5)O4)CC3)cn2cc1NC(=O)c1cccc(C(F)(F)F)n1. The van der Waals surface area contributed by atoms with Gasteiger partial charge in [0.15, 0.2) is 6.10 Å². The van der Waals surface area contributed by atoms with Crippen LogP contribution in [0.4, 0.5) is 18.9 Å². The van der Waals surface area contributed by atoms with Gasteiger partial charge in [0.25, 0.3) is 23.6 Å². The van der Waals surface area contributed by atoms with Crippen LogP contribution in [0.2, 0.25) is 0 Å². The largest absolute Gasteiger partial charge is 0.489 e. The summed E-state index contributed by atoms with van der Waals surface area (Å²) in [5.74, 6) is -0.969. The Morgan fingerprint density at radius 1 is 0.919 bits per heavy atom. The minimum atomic E-state index is -4.70. The summed E-state index contributed by atoms with van der Waals surface area (Å²) in [5, 5.41) is 4.93. The molecule has 18 heteroatoms. The van der Waals surface area contributed by atoms with Crippen LogP contribution in [0.25, 0.3) is 5.65 Å². The van der Waals surface area contributed by atoms with Crippen LogP contribution < -0.4 is 20.1 Å². The number of nitrogens with one attached hydrogen (secondary N) is 2. The minimum absolute atomic E-state index is 0.0261. The molecular formula is C44H48F3N7O8. The number of aromatic nitrogens is 3. The highest BCUT2D eigenvalue weighted by Crippen LogP contribution is 2.39. The second-order valence-electron chi connectivity index (χ2n) is 16.7. The molecule has 3 aromatic heterocycles. The number of pyridine rings is 2. The van der Waals surface area contributed by atoms with Crippen LogP contribution in [0.5, 0.6) is 11.5 Å². The molecule has 0 aliphatic carbocycles. The van der Waals surface area contributed by atoms with Crippen LogP contribution in [-0.4, -0.2) is 104 Å². The van der Waals surface area contributed by atoms with Gasteiger partial charge in [-0.05, 0) is 95.2 Å². The number of imide groups is 1. The van der Waals surface area contributed by atoms with Crippen LogP contribution in [0.15, 0.2) is 60.9 Å². The van der Waals surface area contributed by atoms with Crippen LogP contribution in [0.3, 0.4) is 0 Å². The fraction of sp³-hybridized carbons (Fsp3) is 0.477. The number of benzene rings is 1. The molecule has 4 saturated heterocycles. The highest BCUT2D eigenvalue weighted by Gasteiger charge is 2.44. The third-order valence-electron chi connectivity index (χ3n) is 12.0. The number of alkyl halides is 3. The molecule has 4 aliphatic heterocycles. The first-order valence-electron chi connectivity index (χ1n) is 21.0. The first-order valence-corrected chi connectivity index (χ1v) is 21.0. The second-order valence-corrected chi connectivity index (χ2v) is 16.7. The Morgan fingerprint density at radius 2 is 1.66 bits per heavy atom. The Morgan fingerprint density at radius 3 is 2.35 bits per heavy atom. The molecule has 2 N–H and O–H groups in total. The van der Waals surface area contributed by atoms with Gasteiger partial charge in [-0.2, -0.15) is 13.2 Å². The van der Waals surface area contributed by atoms with E-state index in [0.717, 1.165) is 30.7 Å². The molecule has 2 atom stereocenters. The highest BCUT2D eigenvalue weighted by molar-refractivity contribution is 6.04. The molecule has 62 heavy (non-hydrogen) atoms. The number of hydrogen-bond donors (Lipinski definition) is 2. The number of fused-ring (bicyclic) bond motifs is 1. The van der Waals surface area contributed by atoms with E-state index in [4.69, 9.17) is 19.2 Å². The standard InChI is InChI=1S/C44H48F3N7O8/c1-26(2)60-35-23-37-49-31(24-54(37)25-32(35)50-39(56)30-5-3-7-36(48-30)44(45,46)47)27-14-19-52(20-15-27)42(59)34-6-4-16-43(62-34)17-21-53(22-18-43)41(58)28-8-10-29(11-9-28)61-33-12-13-38(55)51-40(33)57/h3,5,7-11,23-27,33-34H,4,6,12-22H2,1-2H3,(H,50,56)(H,51,55,57). The lowest BCUT2D eigenvalue weighted by Crippen LogP contribution is -2.54. The number of hydrogen-bond acceptors (Lipinski definition) is 10. The molecule has 1 spiro atoms. The summed E-state index contributed by atoms with van der Waals surface area (Å²) in [6, 6.07) is 11.5. The molecule has 4 aliphatic rings. The van der Waals surface area contributed by atoms with E-state index in [1.807, 2.05) is 24.9 Å². The summed E-state index contributed by atoms with van der Waals surface area (Å²) in [4.78, 5) is 75.9. The van der Waals surface area contributed by atoms with Crippen molar-refractivity contribution in [3.05, 3.63) is 83.6 Å². The van der Waals surface area contributed by atoms with Crippen LogP contribution >= 0.6 is 0 Å². The maximum Gasteiger partial charge on any atom is 0.433 e. The number of piperidine rings is 3. The van der Waals surface area contributed by atoms with Crippen molar-refractivity contribution < 1.29 is 51.4 Å². The van der Waals surface area contributed by atoms with Crippen molar-refractivity contribution in [1.29, 1.82) is 0 Å². The number of likely N-dealkylation sites (tertiary alicyclic amines) is 2. The number of nitrogens with zero attached hydrogens (tertiary/aromatic N) is 5. The molecule has 0 saturated carbocycles. The van der Waals surface area contributed by atoms with Gasteiger partial charge in [0.05, 0.1) is 17.4 Å². The van der Waals surface area contributed by atoms with E-state index in [-0.39, 0.29) is 41.9 Å². The predicted molar refractivity (Wildman–Crippen MR) is 217 cm³/mol. The Bertz CT molecular complexity index is 2350. The number of carbonyl (C=O) groups is 5. The number of halogens is 3. The first kappa shape index (κ1) is 42.6. The number of rotatable bonds is 9. The third-order valence-corrected chi connectivity index (χ3v) is 12.0. The zero-order chi connectivity index (χ0) is 43.8. The van der Waals surface area contributed by atoms with E-state index in [9.17, 15) is 37.1 Å². The van der Waals surface area contributed by atoms with Crippen molar-refractivity contribution in [2.24, 2.45) is 0 Å². The summed E-state index contributed by atoms with van der Waals surface area (Å²) in [6.45, 7) is 5.66. The van der Waals surface area contributed by atoms with Gasteiger partial charge in [-0.15, -0.1) is 0 Å². The molecule has 0 bridgehead atoms. The van der Waals surface area contributed by atoms with Gasteiger partial charge in [-0.25, -0.2) is 9.97 Å². The third kappa shape index (κ3) is 9.39. The fourth-order valence-corrected chi connectivity index (χ4v) is 8.68. The number of carbonyl (C=O) groups excluding carboxylic acids is 5. The van der Waals surface area contributed by atoms with Gasteiger partial charge >= 0.3 is 6.18 Å². The van der Waals surface area contributed by atoms with Crippen molar-refractivity contribution in [2.75, 3.05) is 31.5 Å². The van der Waals surface area contributed by atoms with E-state index >= 15 is 0 Å². The van der Waals surface area contributed by atoms with Gasteiger partial charge in [0.2, 0.25) is 5.91 Å². The number of ether oxygens (including phenoxy) is 3. The lowest BCUT2D eigenvalue weighted by molar-refractivity contribution is -0.178. The van der Waals surface area contributed by atoms with Gasteiger partial charge in [-0.1, -0.05) is 6.07 Å². The Labute approximate surface area is 355 Å². The van der Waals surface area contributed by atoms with Crippen molar-refractivity contribution in [2.45, 2.75) is 108 Å². The summed E-state index contributed by atoms with van der Waals surface area (Å²) in [6.07, 6.45) is 2.55. The van der Waals surface area contributed by atoms with Crippen molar-refractivity contribution >= 4 is 40.9 Å².